The van der Waals surface area contributed by atoms with Crippen molar-refractivity contribution in [3.8, 4) is 0 Å². The van der Waals surface area contributed by atoms with Gasteiger partial charge in [-0.15, -0.1) is 0 Å². The number of amidine groups is 1. The Morgan fingerprint density at radius 2 is 2.19 bits per heavy atom. The van der Waals surface area contributed by atoms with Crippen LogP contribution < -0.4 is 11.5 Å². The van der Waals surface area contributed by atoms with Crippen LogP contribution in [0, 0.1) is 0 Å². The zero-order chi connectivity index (χ0) is 22.4. The summed E-state index contributed by atoms with van der Waals surface area (Å²) in [5.74, 6) is -0.161. The summed E-state index contributed by atoms with van der Waals surface area (Å²) in [5, 5.41) is 1.34. The van der Waals surface area contributed by atoms with Crippen LogP contribution in [0.4, 0.5) is 5.69 Å². The first-order chi connectivity index (χ1) is 15.0. The number of morpholine rings is 1. The lowest BCUT2D eigenvalue weighted by molar-refractivity contribution is -0.180. The molecule has 3 heterocycles. The van der Waals surface area contributed by atoms with Gasteiger partial charge >= 0.3 is 0 Å². The Kier molecular flexibility index (Phi) is 7.72. The number of hydroxylamine groups is 2. The SMILES string of the molecule is CCCN(OCC)C(=O)C1=Cc2ncc(C(=O)N3CCOC(CN)C3)cc2N=C(N)C1. The Balaban J connectivity index is 1.86. The Morgan fingerprint density at radius 3 is 2.90 bits per heavy atom. The molecule has 1 aromatic heterocycles. The summed E-state index contributed by atoms with van der Waals surface area (Å²) in [6.45, 7) is 6.36. The highest BCUT2D eigenvalue weighted by Crippen LogP contribution is 2.27. The van der Waals surface area contributed by atoms with Crippen molar-refractivity contribution >= 4 is 29.4 Å². The topological polar surface area (TPSA) is 136 Å². The molecule has 0 aromatic carbocycles. The Morgan fingerprint density at radius 1 is 1.39 bits per heavy atom. The number of carbonyl (C=O) groups is 2. The van der Waals surface area contributed by atoms with Crippen LogP contribution in [0.2, 0.25) is 0 Å². The second-order valence-corrected chi connectivity index (χ2v) is 7.38. The maximum atomic E-state index is 12.9. The Labute approximate surface area is 181 Å². The summed E-state index contributed by atoms with van der Waals surface area (Å²) in [7, 11) is 0. The van der Waals surface area contributed by atoms with Crippen molar-refractivity contribution in [2.24, 2.45) is 16.5 Å². The quantitative estimate of drug-likeness (QED) is 0.612. The van der Waals surface area contributed by atoms with E-state index in [4.69, 9.17) is 21.0 Å². The van der Waals surface area contributed by atoms with E-state index in [1.165, 1.54) is 11.3 Å². The zero-order valence-electron chi connectivity index (χ0n) is 18.0. The normalized spacial score (nSPS) is 18.5. The number of amides is 2. The van der Waals surface area contributed by atoms with Crippen LogP contribution >= 0.6 is 0 Å². The first-order valence-electron chi connectivity index (χ1n) is 10.6. The van der Waals surface area contributed by atoms with E-state index in [2.05, 4.69) is 9.98 Å². The maximum absolute atomic E-state index is 12.9. The fourth-order valence-electron chi connectivity index (χ4n) is 3.50. The van der Waals surface area contributed by atoms with E-state index in [1.54, 1.807) is 17.0 Å². The van der Waals surface area contributed by atoms with Crippen molar-refractivity contribution in [2.75, 3.05) is 39.4 Å². The largest absolute Gasteiger partial charge is 0.387 e. The third-order valence-corrected chi connectivity index (χ3v) is 4.99. The van der Waals surface area contributed by atoms with Crippen molar-refractivity contribution in [2.45, 2.75) is 32.8 Å². The number of aliphatic imine (C=N–C) groups is 1. The summed E-state index contributed by atoms with van der Waals surface area (Å²) < 4.78 is 5.53. The molecular weight excluding hydrogens is 400 g/mol. The molecule has 2 aliphatic heterocycles. The molecule has 1 aromatic rings. The number of ether oxygens (including phenoxy) is 1. The smallest absolute Gasteiger partial charge is 0.273 e. The zero-order valence-corrected chi connectivity index (χ0v) is 18.0. The van der Waals surface area contributed by atoms with Crippen LogP contribution in [0.3, 0.4) is 0 Å². The van der Waals surface area contributed by atoms with E-state index in [1.807, 2.05) is 13.8 Å². The molecule has 2 amide bonds. The molecule has 1 saturated heterocycles. The van der Waals surface area contributed by atoms with Crippen LogP contribution in [0.5, 0.6) is 0 Å². The average Bonchev–Trinajstić information content (AvgIpc) is 2.95. The van der Waals surface area contributed by atoms with Crippen LogP contribution in [0.1, 0.15) is 42.7 Å². The molecule has 1 unspecified atom stereocenters. The highest BCUT2D eigenvalue weighted by molar-refractivity contribution is 6.05. The minimum Gasteiger partial charge on any atom is -0.387 e. The molecule has 1 atom stereocenters. The lowest BCUT2D eigenvalue weighted by atomic mass is 10.1. The fourth-order valence-corrected chi connectivity index (χ4v) is 3.50. The molecule has 2 aliphatic rings. The lowest BCUT2D eigenvalue weighted by Crippen LogP contribution is -2.48. The molecule has 1 fully saturated rings. The van der Waals surface area contributed by atoms with E-state index in [0.717, 1.165) is 6.42 Å². The number of hydrogen-bond acceptors (Lipinski definition) is 8. The molecular formula is C21H30N6O4. The first-order valence-corrected chi connectivity index (χ1v) is 10.6. The molecule has 0 spiro atoms. The molecule has 0 aliphatic carbocycles. The molecule has 168 valence electrons. The third-order valence-electron chi connectivity index (χ3n) is 4.99. The van der Waals surface area contributed by atoms with Crippen LogP contribution in [-0.2, 0) is 14.4 Å². The van der Waals surface area contributed by atoms with Gasteiger partial charge in [0.05, 0.1) is 36.3 Å². The van der Waals surface area contributed by atoms with Gasteiger partial charge in [0, 0.05) is 44.4 Å². The summed E-state index contributed by atoms with van der Waals surface area (Å²) in [6, 6.07) is 1.65. The summed E-state index contributed by atoms with van der Waals surface area (Å²) in [5.41, 5.74) is 13.5. The lowest BCUT2D eigenvalue weighted by Gasteiger charge is -2.32. The van der Waals surface area contributed by atoms with E-state index < -0.39 is 0 Å². The van der Waals surface area contributed by atoms with E-state index in [9.17, 15) is 9.59 Å². The van der Waals surface area contributed by atoms with Crippen LogP contribution in [0.15, 0.2) is 22.8 Å². The highest BCUT2D eigenvalue weighted by atomic mass is 16.7. The number of fused-ring (bicyclic) bond motifs is 1. The van der Waals surface area contributed by atoms with Crippen molar-refractivity contribution in [3.05, 3.63) is 29.1 Å². The number of carbonyl (C=O) groups excluding carboxylic acids is 2. The first kappa shape index (κ1) is 22.9. The van der Waals surface area contributed by atoms with Crippen LogP contribution in [0.25, 0.3) is 6.08 Å². The van der Waals surface area contributed by atoms with Gasteiger partial charge in [0.2, 0.25) is 0 Å². The number of hydrogen-bond donors (Lipinski definition) is 2. The van der Waals surface area contributed by atoms with Crippen LogP contribution in [-0.4, -0.2) is 78.1 Å². The van der Waals surface area contributed by atoms with Gasteiger partial charge in [0.25, 0.3) is 11.8 Å². The number of rotatable bonds is 7. The minimum atomic E-state index is -0.266. The van der Waals surface area contributed by atoms with E-state index in [0.29, 0.717) is 61.9 Å². The van der Waals surface area contributed by atoms with Gasteiger partial charge in [0.15, 0.2) is 0 Å². The highest BCUT2D eigenvalue weighted by Gasteiger charge is 2.26. The molecule has 0 radical (unpaired) electrons. The van der Waals surface area contributed by atoms with Crippen molar-refractivity contribution in [3.63, 3.8) is 0 Å². The van der Waals surface area contributed by atoms with Crippen molar-refractivity contribution in [1.29, 1.82) is 0 Å². The molecule has 10 heteroatoms. The predicted molar refractivity (Wildman–Crippen MR) is 116 cm³/mol. The second kappa shape index (κ2) is 10.5. The van der Waals surface area contributed by atoms with Gasteiger partial charge in [-0.25, -0.2) is 10.1 Å². The predicted octanol–water partition coefficient (Wildman–Crippen LogP) is 0.847. The van der Waals surface area contributed by atoms with Gasteiger partial charge in [-0.05, 0) is 25.5 Å². The number of aromatic nitrogens is 1. The number of pyridine rings is 1. The number of nitrogens with zero attached hydrogens (tertiary/aromatic N) is 4. The molecule has 0 bridgehead atoms. The Hall–Kier alpha value is -2.82. The van der Waals surface area contributed by atoms with E-state index >= 15 is 0 Å². The minimum absolute atomic E-state index is 0.166. The Bertz CT molecular complexity index is 879. The fraction of sp³-hybridized carbons (Fsp3) is 0.524. The molecule has 10 nitrogen and oxygen atoms in total. The second-order valence-electron chi connectivity index (χ2n) is 7.38. The molecule has 31 heavy (non-hydrogen) atoms. The van der Waals surface area contributed by atoms with Crippen molar-refractivity contribution < 1.29 is 19.2 Å². The van der Waals surface area contributed by atoms with Gasteiger partial charge < -0.3 is 21.1 Å². The van der Waals surface area contributed by atoms with Gasteiger partial charge in [-0.2, -0.15) is 0 Å². The monoisotopic (exact) mass is 430 g/mol. The van der Waals surface area contributed by atoms with Gasteiger partial charge in [-0.3, -0.25) is 19.4 Å². The van der Waals surface area contributed by atoms with Gasteiger partial charge in [0.1, 0.15) is 5.84 Å². The summed E-state index contributed by atoms with van der Waals surface area (Å²) >= 11 is 0. The molecule has 0 saturated carbocycles. The third kappa shape index (κ3) is 5.46. The average molecular weight is 431 g/mol. The van der Waals surface area contributed by atoms with Crippen molar-refractivity contribution in [1.82, 2.24) is 14.9 Å². The standard InChI is InChI=1S/C21H30N6O4/c1-3-5-27(31-4-2)21(29)14-8-17-18(25-19(23)10-14)9-15(12-24-17)20(28)26-6-7-30-16(11-22)13-26/h8-9,12,16H,3-7,10-11,13,22H2,1-2H3,(H2,23,25). The van der Waals surface area contributed by atoms with Gasteiger partial charge in [-0.1, -0.05) is 6.92 Å². The summed E-state index contributed by atoms with van der Waals surface area (Å²) in [4.78, 5) is 41.8. The maximum Gasteiger partial charge on any atom is 0.273 e. The molecule has 4 N–H and O–H groups in total. The summed E-state index contributed by atoms with van der Waals surface area (Å²) in [6.07, 6.45) is 3.92. The molecule has 3 rings (SSSR count). The number of nitrogens with two attached hydrogens (primary N) is 2. The van der Waals surface area contributed by atoms with E-state index in [-0.39, 0.29) is 30.2 Å².